The molecule has 0 heterocycles. The second-order valence-electron chi connectivity index (χ2n) is 5.06. The normalized spacial score (nSPS) is 12.4. The number of carbonyl (C=O) groups excluding carboxylic acids is 1. The molecule has 1 rings (SSSR count). The lowest BCUT2D eigenvalue weighted by atomic mass is 9.94. The molecule has 5 heteroatoms. The van der Waals surface area contributed by atoms with Crippen LogP contribution in [0.15, 0.2) is 18.2 Å². The van der Waals surface area contributed by atoms with Crippen LogP contribution in [0.1, 0.15) is 39.2 Å². The van der Waals surface area contributed by atoms with Gasteiger partial charge >= 0.3 is 0 Å². The zero-order valence-electron chi connectivity index (χ0n) is 12.9. The van der Waals surface area contributed by atoms with Crippen molar-refractivity contribution in [2.45, 2.75) is 52.2 Å². The first kappa shape index (κ1) is 17.3. The lowest BCUT2D eigenvalue weighted by Crippen LogP contribution is -2.50. The summed E-state index contributed by atoms with van der Waals surface area (Å²) in [6.45, 7) is 7.28. The van der Waals surface area contributed by atoms with Crippen LogP contribution >= 0.6 is 11.6 Å². The fourth-order valence-corrected chi connectivity index (χ4v) is 2.17. The molecule has 1 aromatic rings. The second kappa shape index (κ2) is 7.33. The fraction of sp³-hybridized carbons (Fsp3) is 0.500. The summed E-state index contributed by atoms with van der Waals surface area (Å²) in [6.07, 6.45) is 0.423. The highest BCUT2D eigenvalue weighted by molar-refractivity contribution is 6.30. The molecule has 0 bridgehead atoms. The third-order valence-electron chi connectivity index (χ3n) is 3.59. The molecule has 0 aromatic heterocycles. The molecule has 1 amide bonds. The van der Waals surface area contributed by atoms with Crippen LogP contribution < -0.4 is 10.1 Å². The third-order valence-corrected chi connectivity index (χ3v) is 3.83. The number of nitriles is 1. The fourth-order valence-electron chi connectivity index (χ4n) is 1.94. The van der Waals surface area contributed by atoms with Crippen LogP contribution in [0.4, 0.5) is 0 Å². The maximum atomic E-state index is 12.2. The van der Waals surface area contributed by atoms with Gasteiger partial charge in [0.2, 0.25) is 0 Å². The van der Waals surface area contributed by atoms with Crippen LogP contribution in [0.3, 0.4) is 0 Å². The maximum Gasteiger partial charge on any atom is 0.262 e. The van der Waals surface area contributed by atoms with Gasteiger partial charge in [0.1, 0.15) is 11.3 Å². The first-order valence-electron chi connectivity index (χ1n) is 7.03. The van der Waals surface area contributed by atoms with Crippen molar-refractivity contribution in [3.63, 3.8) is 0 Å². The van der Waals surface area contributed by atoms with Crippen LogP contribution in [0.25, 0.3) is 0 Å². The largest absolute Gasteiger partial charge is 0.481 e. The van der Waals surface area contributed by atoms with E-state index in [9.17, 15) is 10.1 Å². The molecule has 1 atom stereocenters. The number of amides is 1. The highest BCUT2D eigenvalue weighted by Crippen LogP contribution is 2.23. The summed E-state index contributed by atoms with van der Waals surface area (Å²) in [5, 5.41) is 12.7. The van der Waals surface area contributed by atoms with Crippen molar-refractivity contribution in [3.8, 4) is 11.8 Å². The Bertz CT molecular complexity index is 548. The molecule has 0 spiro atoms. The van der Waals surface area contributed by atoms with E-state index in [0.29, 0.717) is 23.6 Å². The van der Waals surface area contributed by atoms with Gasteiger partial charge in [0.05, 0.1) is 6.07 Å². The summed E-state index contributed by atoms with van der Waals surface area (Å²) in [4.78, 5) is 12.2. The maximum absolute atomic E-state index is 12.2. The molecular weight excluding hydrogens is 288 g/mol. The predicted octanol–water partition coefficient (Wildman–Crippen LogP) is 3.61. The van der Waals surface area contributed by atoms with Gasteiger partial charge in [-0.2, -0.15) is 5.26 Å². The number of carbonyl (C=O) groups is 1. The standard InChI is InChI=1S/C16H21ClN2O2/c1-5-16(6-2,10-18)19-15(20)12(4)21-14-8-7-13(17)9-11(14)3/h7-9,12H,5-6H2,1-4H3,(H,19,20). The monoisotopic (exact) mass is 308 g/mol. The van der Waals surface area contributed by atoms with E-state index in [1.807, 2.05) is 20.8 Å². The quantitative estimate of drug-likeness (QED) is 0.873. The van der Waals surface area contributed by atoms with E-state index in [0.717, 1.165) is 5.56 Å². The van der Waals surface area contributed by atoms with E-state index in [2.05, 4.69) is 11.4 Å². The van der Waals surface area contributed by atoms with Crippen molar-refractivity contribution in [2.75, 3.05) is 0 Å². The number of aryl methyl sites for hydroxylation is 1. The molecule has 0 saturated carbocycles. The van der Waals surface area contributed by atoms with Crippen LogP contribution in [-0.2, 0) is 4.79 Å². The molecule has 0 aliphatic heterocycles. The van der Waals surface area contributed by atoms with E-state index in [-0.39, 0.29) is 5.91 Å². The number of nitrogens with zero attached hydrogens (tertiary/aromatic N) is 1. The van der Waals surface area contributed by atoms with Gasteiger partial charge < -0.3 is 10.1 Å². The Morgan fingerprint density at radius 3 is 2.57 bits per heavy atom. The number of halogens is 1. The van der Waals surface area contributed by atoms with Gasteiger partial charge in [-0.25, -0.2) is 0 Å². The second-order valence-corrected chi connectivity index (χ2v) is 5.50. The van der Waals surface area contributed by atoms with Crippen molar-refractivity contribution < 1.29 is 9.53 Å². The highest BCUT2D eigenvalue weighted by Gasteiger charge is 2.30. The summed E-state index contributed by atoms with van der Waals surface area (Å²) in [6, 6.07) is 7.40. The van der Waals surface area contributed by atoms with Gasteiger partial charge in [-0.1, -0.05) is 25.4 Å². The zero-order valence-corrected chi connectivity index (χ0v) is 13.6. The molecule has 1 aromatic carbocycles. The van der Waals surface area contributed by atoms with Crippen LogP contribution in [-0.4, -0.2) is 17.6 Å². The Hall–Kier alpha value is -1.73. The Labute approximate surface area is 131 Å². The zero-order chi connectivity index (χ0) is 16.0. The van der Waals surface area contributed by atoms with Gasteiger partial charge in [0, 0.05) is 5.02 Å². The van der Waals surface area contributed by atoms with Crippen LogP contribution in [0.2, 0.25) is 5.02 Å². The lowest BCUT2D eigenvalue weighted by Gasteiger charge is -2.27. The van der Waals surface area contributed by atoms with Crippen molar-refractivity contribution in [3.05, 3.63) is 28.8 Å². The SMILES string of the molecule is CCC(C#N)(CC)NC(=O)C(C)Oc1ccc(Cl)cc1C. The van der Waals surface area contributed by atoms with E-state index < -0.39 is 11.6 Å². The minimum absolute atomic E-state index is 0.297. The molecule has 0 aliphatic rings. The molecule has 4 nitrogen and oxygen atoms in total. The van der Waals surface area contributed by atoms with Gasteiger partial charge in [-0.05, 0) is 50.5 Å². The molecular formula is C16H21ClN2O2. The average molecular weight is 309 g/mol. The van der Waals surface area contributed by atoms with Gasteiger partial charge in [0.25, 0.3) is 5.91 Å². The molecule has 114 valence electrons. The molecule has 1 unspecified atom stereocenters. The van der Waals surface area contributed by atoms with E-state index in [1.54, 1.807) is 25.1 Å². The van der Waals surface area contributed by atoms with E-state index in [4.69, 9.17) is 16.3 Å². The first-order chi connectivity index (χ1) is 9.87. The average Bonchev–Trinajstić information content (AvgIpc) is 2.47. The number of hydrogen-bond acceptors (Lipinski definition) is 3. The minimum atomic E-state index is -0.830. The molecule has 1 N–H and O–H groups in total. The summed E-state index contributed by atoms with van der Waals surface area (Å²) in [5.41, 5.74) is 0.0312. The van der Waals surface area contributed by atoms with E-state index >= 15 is 0 Å². The van der Waals surface area contributed by atoms with Crippen molar-refractivity contribution in [1.82, 2.24) is 5.32 Å². The smallest absolute Gasteiger partial charge is 0.262 e. The number of nitrogens with one attached hydrogen (secondary N) is 1. The molecule has 0 aliphatic carbocycles. The molecule has 0 fully saturated rings. The summed E-state index contributed by atoms with van der Waals surface area (Å²) < 4.78 is 5.66. The Morgan fingerprint density at radius 2 is 2.10 bits per heavy atom. The van der Waals surface area contributed by atoms with Crippen LogP contribution in [0, 0.1) is 18.3 Å². The van der Waals surface area contributed by atoms with Gasteiger partial charge in [0.15, 0.2) is 6.10 Å². The number of benzene rings is 1. The summed E-state index contributed by atoms with van der Waals surface area (Å²) in [7, 11) is 0. The summed E-state index contributed by atoms with van der Waals surface area (Å²) in [5.74, 6) is 0.312. The minimum Gasteiger partial charge on any atom is -0.481 e. The number of rotatable bonds is 6. The molecule has 0 radical (unpaired) electrons. The third kappa shape index (κ3) is 4.37. The van der Waals surface area contributed by atoms with Crippen molar-refractivity contribution in [1.29, 1.82) is 5.26 Å². The topological polar surface area (TPSA) is 62.1 Å². The Morgan fingerprint density at radius 1 is 1.48 bits per heavy atom. The van der Waals surface area contributed by atoms with E-state index in [1.165, 1.54) is 0 Å². The van der Waals surface area contributed by atoms with Gasteiger partial charge in [-0.3, -0.25) is 4.79 Å². The lowest BCUT2D eigenvalue weighted by molar-refractivity contribution is -0.128. The summed E-state index contributed by atoms with van der Waals surface area (Å²) >= 11 is 5.89. The van der Waals surface area contributed by atoms with Crippen molar-refractivity contribution in [2.24, 2.45) is 0 Å². The van der Waals surface area contributed by atoms with Gasteiger partial charge in [-0.15, -0.1) is 0 Å². The predicted molar refractivity (Wildman–Crippen MR) is 83.3 cm³/mol. The Balaban J connectivity index is 2.77. The molecule has 21 heavy (non-hydrogen) atoms. The molecule has 0 saturated heterocycles. The highest BCUT2D eigenvalue weighted by atomic mass is 35.5. The number of ether oxygens (including phenoxy) is 1. The van der Waals surface area contributed by atoms with Crippen LogP contribution in [0.5, 0.6) is 5.75 Å². The first-order valence-corrected chi connectivity index (χ1v) is 7.41. The number of hydrogen-bond donors (Lipinski definition) is 1. The van der Waals surface area contributed by atoms with Crippen molar-refractivity contribution >= 4 is 17.5 Å². The Kier molecular flexibility index (Phi) is 6.04.